The highest BCUT2D eigenvalue weighted by atomic mass is 16.1. The van der Waals surface area contributed by atoms with Crippen molar-refractivity contribution < 1.29 is 4.79 Å². The van der Waals surface area contributed by atoms with E-state index in [0.717, 1.165) is 17.5 Å². The Morgan fingerprint density at radius 3 is 2.85 bits per heavy atom. The minimum Gasteiger partial charge on any atom is -0.342 e. The molecule has 1 N–H and O–H groups in total. The molecule has 1 aromatic carbocycles. The average Bonchev–Trinajstić information content (AvgIpc) is 2.97. The zero-order valence-corrected chi connectivity index (χ0v) is 15.9. The molecule has 1 fully saturated rings. The maximum absolute atomic E-state index is 12.8. The van der Waals surface area contributed by atoms with Gasteiger partial charge in [-0.1, -0.05) is 12.1 Å². The third kappa shape index (κ3) is 3.72. The van der Waals surface area contributed by atoms with Crippen LogP contribution in [0.15, 0.2) is 47.8 Å². The third-order valence-electron chi connectivity index (χ3n) is 5.77. The van der Waals surface area contributed by atoms with E-state index < -0.39 is 0 Å². The van der Waals surface area contributed by atoms with Gasteiger partial charge < -0.3 is 5.32 Å². The second-order valence-electron chi connectivity index (χ2n) is 7.65. The summed E-state index contributed by atoms with van der Waals surface area (Å²) >= 11 is 0. The zero-order chi connectivity index (χ0) is 18.8. The monoisotopic (exact) mass is 362 g/mol. The summed E-state index contributed by atoms with van der Waals surface area (Å²) in [6.45, 7) is 4.22. The van der Waals surface area contributed by atoms with Crippen LogP contribution in [0.2, 0.25) is 0 Å². The molecule has 0 radical (unpaired) electrons. The summed E-state index contributed by atoms with van der Waals surface area (Å²) in [5.41, 5.74) is 4.18. The molecule has 0 saturated heterocycles. The molecule has 140 valence electrons. The van der Waals surface area contributed by atoms with E-state index in [1.165, 1.54) is 24.8 Å². The second kappa shape index (κ2) is 7.51. The van der Waals surface area contributed by atoms with Crippen molar-refractivity contribution in [3.8, 4) is 0 Å². The number of hydrogen-bond donors (Lipinski definition) is 1. The molecular formula is C22H26N4O. The van der Waals surface area contributed by atoms with E-state index in [1.54, 1.807) is 6.20 Å². The van der Waals surface area contributed by atoms with Crippen LogP contribution < -0.4 is 5.32 Å². The quantitative estimate of drug-likeness (QED) is 0.888. The van der Waals surface area contributed by atoms with E-state index in [-0.39, 0.29) is 18.0 Å². The number of hydrazone groups is 1. The minimum absolute atomic E-state index is 0.0406. The molecule has 1 saturated carbocycles. The summed E-state index contributed by atoms with van der Waals surface area (Å²) in [5, 5.41) is 9.85. The van der Waals surface area contributed by atoms with E-state index in [0.29, 0.717) is 11.6 Å². The van der Waals surface area contributed by atoms with Crippen molar-refractivity contribution in [3.63, 3.8) is 0 Å². The van der Waals surface area contributed by atoms with Crippen LogP contribution in [0, 0.1) is 6.92 Å². The van der Waals surface area contributed by atoms with Gasteiger partial charge in [0.25, 0.3) is 5.91 Å². The predicted molar refractivity (Wildman–Crippen MR) is 107 cm³/mol. The van der Waals surface area contributed by atoms with E-state index in [4.69, 9.17) is 0 Å². The number of hydrogen-bond acceptors (Lipinski definition) is 4. The van der Waals surface area contributed by atoms with Crippen molar-refractivity contribution in [3.05, 3.63) is 65.0 Å². The van der Waals surface area contributed by atoms with Crippen molar-refractivity contribution in [2.24, 2.45) is 5.10 Å². The molecule has 1 aromatic heterocycles. The average molecular weight is 362 g/mol. The molecule has 1 aliphatic heterocycles. The number of pyridine rings is 1. The zero-order valence-electron chi connectivity index (χ0n) is 15.9. The van der Waals surface area contributed by atoms with Crippen LogP contribution in [0.5, 0.6) is 0 Å². The molecular weight excluding hydrogens is 336 g/mol. The first-order valence-electron chi connectivity index (χ1n) is 9.73. The van der Waals surface area contributed by atoms with Crippen molar-refractivity contribution in [1.82, 2.24) is 15.3 Å². The summed E-state index contributed by atoms with van der Waals surface area (Å²) in [6, 6.07) is 10.6. The highest BCUT2D eigenvalue weighted by Crippen LogP contribution is 2.29. The first-order chi connectivity index (χ1) is 13.1. The highest BCUT2D eigenvalue weighted by molar-refractivity contribution is 5.96. The molecule has 2 unspecified atom stereocenters. The molecule has 5 nitrogen and oxygen atoms in total. The van der Waals surface area contributed by atoms with Crippen LogP contribution in [0.25, 0.3) is 0 Å². The van der Waals surface area contributed by atoms with Crippen molar-refractivity contribution in [2.75, 3.05) is 0 Å². The van der Waals surface area contributed by atoms with Gasteiger partial charge in [-0.3, -0.25) is 14.8 Å². The SMILES string of the molecule is Cc1ccc(C(=O)NC2C=NN(C3CCC3)C2C)cc1Cc1cccnc1. The molecule has 27 heavy (non-hydrogen) atoms. The van der Waals surface area contributed by atoms with Gasteiger partial charge in [0.15, 0.2) is 0 Å². The fourth-order valence-electron chi connectivity index (χ4n) is 3.74. The smallest absolute Gasteiger partial charge is 0.251 e. The maximum atomic E-state index is 12.8. The van der Waals surface area contributed by atoms with Crippen LogP contribution in [-0.4, -0.2) is 40.2 Å². The normalized spacial score (nSPS) is 21.9. The molecule has 5 heteroatoms. The number of nitrogens with one attached hydrogen (secondary N) is 1. The molecule has 2 aliphatic rings. The van der Waals surface area contributed by atoms with Crippen molar-refractivity contribution >= 4 is 12.1 Å². The van der Waals surface area contributed by atoms with Crippen LogP contribution >= 0.6 is 0 Å². The van der Waals surface area contributed by atoms with E-state index in [9.17, 15) is 4.79 Å². The van der Waals surface area contributed by atoms with Crippen molar-refractivity contribution in [1.29, 1.82) is 0 Å². The van der Waals surface area contributed by atoms with Gasteiger partial charge in [0, 0.05) is 30.2 Å². The number of aryl methyl sites for hydroxylation is 1. The first kappa shape index (κ1) is 17.7. The lowest BCUT2D eigenvalue weighted by molar-refractivity contribution is 0.0844. The van der Waals surface area contributed by atoms with E-state index in [2.05, 4.69) is 40.3 Å². The Bertz CT molecular complexity index is 845. The van der Waals surface area contributed by atoms with Gasteiger partial charge in [-0.25, -0.2) is 0 Å². The Morgan fingerprint density at radius 1 is 1.30 bits per heavy atom. The number of amides is 1. The standard InChI is InChI=1S/C22H26N4O/c1-15-8-9-18(12-19(15)11-17-5-4-10-23-13-17)22(27)25-21-14-24-26(16(21)2)20-6-3-7-20/h4-5,8-10,12-14,16,20-21H,3,6-7,11H2,1-2H3,(H,25,27). The van der Waals surface area contributed by atoms with Gasteiger partial charge in [0.2, 0.25) is 0 Å². The van der Waals surface area contributed by atoms with E-state index in [1.807, 2.05) is 36.7 Å². The summed E-state index contributed by atoms with van der Waals surface area (Å²) in [6.07, 6.45) is 10.00. The lowest BCUT2D eigenvalue weighted by Gasteiger charge is -2.37. The molecule has 2 heterocycles. The summed E-state index contributed by atoms with van der Waals surface area (Å²) in [4.78, 5) is 17.0. The lowest BCUT2D eigenvalue weighted by atomic mass is 9.91. The Kier molecular flexibility index (Phi) is 4.92. The Morgan fingerprint density at radius 2 is 2.15 bits per heavy atom. The minimum atomic E-state index is -0.0406. The molecule has 0 spiro atoms. The maximum Gasteiger partial charge on any atom is 0.251 e. The van der Waals surface area contributed by atoms with Crippen LogP contribution in [0.4, 0.5) is 0 Å². The Balaban J connectivity index is 1.44. The fourth-order valence-corrected chi connectivity index (χ4v) is 3.74. The molecule has 1 aliphatic carbocycles. The third-order valence-corrected chi connectivity index (χ3v) is 5.77. The second-order valence-corrected chi connectivity index (χ2v) is 7.65. The summed E-state index contributed by atoms with van der Waals surface area (Å²) in [7, 11) is 0. The number of aromatic nitrogens is 1. The van der Waals surface area contributed by atoms with Crippen molar-refractivity contribution in [2.45, 2.75) is 57.7 Å². The van der Waals surface area contributed by atoms with Gasteiger partial charge in [-0.15, -0.1) is 0 Å². The van der Waals surface area contributed by atoms with Crippen LogP contribution in [-0.2, 0) is 6.42 Å². The molecule has 2 atom stereocenters. The largest absolute Gasteiger partial charge is 0.342 e. The predicted octanol–water partition coefficient (Wildman–Crippen LogP) is 3.32. The molecule has 0 bridgehead atoms. The van der Waals surface area contributed by atoms with E-state index >= 15 is 0 Å². The van der Waals surface area contributed by atoms with Gasteiger partial charge in [0.1, 0.15) is 0 Å². The Hall–Kier alpha value is -2.69. The molecule has 2 aromatic rings. The Labute approximate surface area is 160 Å². The number of rotatable bonds is 5. The topological polar surface area (TPSA) is 57.6 Å². The highest BCUT2D eigenvalue weighted by Gasteiger charge is 2.35. The first-order valence-corrected chi connectivity index (χ1v) is 9.73. The van der Waals surface area contributed by atoms with Gasteiger partial charge in [-0.05, 0) is 74.4 Å². The lowest BCUT2D eigenvalue weighted by Crippen LogP contribution is -2.49. The number of benzene rings is 1. The van der Waals surface area contributed by atoms with Crippen LogP contribution in [0.3, 0.4) is 0 Å². The van der Waals surface area contributed by atoms with Gasteiger partial charge >= 0.3 is 0 Å². The van der Waals surface area contributed by atoms with Gasteiger partial charge in [-0.2, -0.15) is 5.10 Å². The fraction of sp³-hybridized carbons (Fsp3) is 0.409. The van der Waals surface area contributed by atoms with Gasteiger partial charge in [0.05, 0.1) is 12.1 Å². The summed E-state index contributed by atoms with van der Waals surface area (Å²) < 4.78 is 0. The van der Waals surface area contributed by atoms with Crippen LogP contribution in [0.1, 0.15) is 53.2 Å². The summed E-state index contributed by atoms with van der Waals surface area (Å²) in [5.74, 6) is -0.0406. The number of carbonyl (C=O) groups excluding carboxylic acids is 1. The molecule has 1 amide bonds. The number of carbonyl (C=O) groups is 1. The number of nitrogens with zero attached hydrogens (tertiary/aromatic N) is 3. The molecule has 4 rings (SSSR count).